The van der Waals surface area contributed by atoms with E-state index < -0.39 is 39.3 Å². The molecule has 3 aliphatic rings. The molecule has 0 radical (unpaired) electrons. The van der Waals surface area contributed by atoms with Gasteiger partial charge in [-0.25, -0.2) is 18.4 Å². The predicted octanol–water partition coefficient (Wildman–Crippen LogP) is 0.914. The summed E-state index contributed by atoms with van der Waals surface area (Å²) in [5.41, 5.74) is -1.71. The molecule has 1 N–H and O–H groups in total. The number of carbonyl (C=O) groups excluding carboxylic acids is 1. The molecule has 13 heteroatoms. The van der Waals surface area contributed by atoms with E-state index in [0.717, 1.165) is 12.4 Å². The van der Waals surface area contributed by atoms with Gasteiger partial charge in [-0.05, 0) is 19.3 Å². The predicted molar refractivity (Wildman–Crippen MR) is 99.6 cm³/mol. The van der Waals surface area contributed by atoms with Crippen LogP contribution in [0.4, 0.5) is 19.0 Å². The van der Waals surface area contributed by atoms with Crippen LogP contribution in [0.15, 0.2) is 17.5 Å². The number of carbonyl (C=O) groups is 1. The van der Waals surface area contributed by atoms with Gasteiger partial charge in [0.25, 0.3) is 5.91 Å². The Labute approximate surface area is 170 Å². The molecular formula is C17H20F3N5O4S. The van der Waals surface area contributed by atoms with Gasteiger partial charge in [-0.15, -0.1) is 0 Å². The average molecular weight is 447 g/mol. The van der Waals surface area contributed by atoms with Crippen molar-refractivity contribution < 1.29 is 31.2 Å². The van der Waals surface area contributed by atoms with Crippen molar-refractivity contribution in [3.8, 4) is 0 Å². The lowest BCUT2D eigenvalue weighted by Gasteiger charge is -2.38. The Morgan fingerprint density at radius 2 is 2.13 bits per heavy atom. The van der Waals surface area contributed by atoms with E-state index in [4.69, 9.17) is 4.84 Å². The van der Waals surface area contributed by atoms with Crippen LogP contribution < -0.4 is 10.2 Å². The second-order valence-corrected chi connectivity index (χ2v) is 10.1. The molecule has 30 heavy (non-hydrogen) atoms. The summed E-state index contributed by atoms with van der Waals surface area (Å²) in [7, 11) is -3.13. The molecular weight excluding hydrogens is 427 g/mol. The lowest BCUT2D eigenvalue weighted by molar-refractivity contribution is -0.141. The maximum absolute atomic E-state index is 13.0. The van der Waals surface area contributed by atoms with E-state index in [9.17, 15) is 26.4 Å². The Hall–Kier alpha value is -2.44. The SMILES string of the molecule is O=C(N[C@H]1CCS(=O)(=O)C1)C1=NO[C@@]2(CCCN(c3cc(C(F)(F)F)ncn3)C2)C1. The zero-order chi connectivity index (χ0) is 21.6. The van der Waals surface area contributed by atoms with Crippen LogP contribution in [0.5, 0.6) is 0 Å². The maximum atomic E-state index is 13.0. The third-order valence-electron chi connectivity index (χ3n) is 5.48. The normalized spacial score (nSPS) is 28.3. The third kappa shape index (κ3) is 4.35. The van der Waals surface area contributed by atoms with Gasteiger partial charge in [-0.1, -0.05) is 5.16 Å². The Morgan fingerprint density at radius 3 is 2.83 bits per heavy atom. The molecule has 4 rings (SSSR count). The van der Waals surface area contributed by atoms with E-state index in [1.807, 2.05) is 0 Å². The molecule has 0 saturated carbocycles. The number of piperidine rings is 1. The number of nitrogens with zero attached hydrogens (tertiary/aromatic N) is 4. The van der Waals surface area contributed by atoms with Gasteiger partial charge in [0, 0.05) is 25.1 Å². The molecule has 1 spiro atoms. The first-order valence-electron chi connectivity index (χ1n) is 9.46. The standard InChI is InChI=1S/C17H20F3N5O4S/c18-17(19,20)13-6-14(22-10-21-13)25-4-1-3-16(9-25)7-12(24-29-16)15(26)23-11-2-5-30(27,28)8-11/h6,10-11H,1-5,7-9H2,(H,23,26)/t11-,16-/m0/s1. The maximum Gasteiger partial charge on any atom is 0.433 e. The molecule has 0 aromatic carbocycles. The summed E-state index contributed by atoms with van der Waals surface area (Å²) in [5, 5.41) is 6.57. The average Bonchev–Trinajstić information content (AvgIpc) is 3.24. The molecule has 4 heterocycles. The van der Waals surface area contributed by atoms with Gasteiger partial charge in [0.05, 0.1) is 18.1 Å². The molecule has 0 aliphatic carbocycles. The van der Waals surface area contributed by atoms with Crippen LogP contribution in [0.1, 0.15) is 31.4 Å². The van der Waals surface area contributed by atoms with Gasteiger partial charge in [0.15, 0.2) is 15.4 Å². The Morgan fingerprint density at radius 1 is 1.33 bits per heavy atom. The Balaban J connectivity index is 1.41. The van der Waals surface area contributed by atoms with Crippen LogP contribution in [0, 0.1) is 0 Å². The van der Waals surface area contributed by atoms with Crippen LogP contribution in [-0.4, -0.2) is 66.2 Å². The lowest BCUT2D eigenvalue weighted by atomic mass is 9.88. The van der Waals surface area contributed by atoms with Crippen molar-refractivity contribution in [3.05, 3.63) is 18.1 Å². The van der Waals surface area contributed by atoms with E-state index in [0.29, 0.717) is 25.8 Å². The number of rotatable bonds is 3. The van der Waals surface area contributed by atoms with E-state index in [1.54, 1.807) is 4.90 Å². The van der Waals surface area contributed by atoms with Crippen molar-refractivity contribution in [1.82, 2.24) is 15.3 Å². The van der Waals surface area contributed by atoms with E-state index in [2.05, 4.69) is 20.4 Å². The van der Waals surface area contributed by atoms with E-state index in [1.165, 1.54) is 0 Å². The number of nitrogens with one attached hydrogen (secondary N) is 1. The van der Waals surface area contributed by atoms with Gasteiger partial charge in [0.1, 0.15) is 23.6 Å². The summed E-state index contributed by atoms with van der Waals surface area (Å²) in [6.45, 7) is 0.709. The van der Waals surface area contributed by atoms with Crippen molar-refractivity contribution >= 4 is 27.3 Å². The summed E-state index contributed by atoms with van der Waals surface area (Å²) in [6.07, 6.45) is -1.95. The first-order chi connectivity index (χ1) is 14.1. The summed E-state index contributed by atoms with van der Waals surface area (Å²) in [4.78, 5) is 26.9. The number of oxime groups is 1. The number of sulfone groups is 1. The van der Waals surface area contributed by atoms with Gasteiger partial charge >= 0.3 is 6.18 Å². The third-order valence-corrected chi connectivity index (χ3v) is 7.24. The molecule has 9 nitrogen and oxygen atoms in total. The van der Waals surface area contributed by atoms with Gasteiger partial charge in [-0.3, -0.25) is 4.79 Å². The number of alkyl halides is 3. The number of amides is 1. The quantitative estimate of drug-likeness (QED) is 0.733. The zero-order valence-corrected chi connectivity index (χ0v) is 16.7. The molecule has 1 aromatic rings. The highest BCUT2D eigenvalue weighted by Gasteiger charge is 2.45. The smallest absolute Gasteiger partial charge is 0.386 e. The molecule has 0 unspecified atom stereocenters. The van der Waals surface area contributed by atoms with Crippen LogP contribution >= 0.6 is 0 Å². The van der Waals surface area contributed by atoms with E-state index in [-0.39, 0.29) is 36.0 Å². The fraction of sp³-hybridized carbons (Fsp3) is 0.647. The minimum absolute atomic E-state index is 0.0403. The minimum atomic E-state index is -4.57. The van der Waals surface area contributed by atoms with Crippen molar-refractivity contribution in [1.29, 1.82) is 0 Å². The first-order valence-corrected chi connectivity index (χ1v) is 11.3. The molecule has 1 aromatic heterocycles. The molecule has 164 valence electrons. The van der Waals surface area contributed by atoms with Gasteiger partial charge in [0.2, 0.25) is 0 Å². The number of hydrogen-bond donors (Lipinski definition) is 1. The zero-order valence-electron chi connectivity index (χ0n) is 15.9. The molecule has 2 atom stereocenters. The molecule has 0 bridgehead atoms. The number of anilines is 1. The van der Waals surface area contributed by atoms with E-state index >= 15 is 0 Å². The minimum Gasteiger partial charge on any atom is -0.386 e. The van der Waals surface area contributed by atoms with Crippen molar-refractivity contribution in [2.75, 3.05) is 29.5 Å². The van der Waals surface area contributed by atoms with Crippen molar-refractivity contribution in [3.63, 3.8) is 0 Å². The number of halogens is 3. The van der Waals surface area contributed by atoms with Gasteiger partial charge < -0.3 is 15.1 Å². The molecule has 3 aliphatic heterocycles. The number of aromatic nitrogens is 2. The van der Waals surface area contributed by atoms with Crippen molar-refractivity contribution in [2.24, 2.45) is 5.16 Å². The highest BCUT2D eigenvalue weighted by atomic mass is 32.2. The first kappa shape index (κ1) is 20.8. The van der Waals surface area contributed by atoms with Gasteiger partial charge in [-0.2, -0.15) is 13.2 Å². The summed E-state index contributed by atoms with van der Waals surface area (Å²) < 4.78 is 62.0. The fourth-order valence-electron chi connectivity index (χ4n) is 4.01. The Kier molecular flexibility index (Phi) is 5.11. The number of hydrogen-bond acceptors (Lipinski definition) is 8. The second kappa shape index (κ2) is 7.36. The summed E-state index contributed by atoms with van der Waals surface area (Å²) in [6, 6.07) is 0.439. The largest absolute Gasteiger partial charge is 0.433 e. The Bertz CT molecular complexity index is 984. The highest BCUT2D eigenvalue weighted by Crippen LogP contribution is 2.36. The van der Waals surface area contributed by atoms with Crippen molar-refractivity contribution in [2.45, 2.75) is 43.5 Å². The monoisotopic (exact) mass is 447 g/mol. The summed E-state index contributed by atoms with van der Waals surface area (Å²) >= 11 is 0. The fourth-order valence-corrected chi connectivity index (χ4v) is 5.68. The van der Waals surface area contributed by atoms with Crippen LogP contribution in [0.25, 0.3) is 0 Å². The molecule has 1 amide bonds. The second-order valence-electron chi connectivity index (χ2n) is 7.85. The highest BCUT2D eigenvalue weighted by molar-refractivity contribution is 7.91. The molecule has 2 saturated heterocycles. The van der Waals surface area contributed by atoms with Crippen LogP contribution in [0.2, 0.25) is 0 Å². The van der Waals surface area contributed by atoms with Crippen LogP contribution in [-0.2, 0) is 25.6 Å². The topological polar surface area (TPSA) is 114 Å². The molecule has 2 fully saturated rings. The summed E-state index contributed by atoms with van der Waals surface area (Å²) in [5.74, 6) is -0.402. The lowest BCUT2D eigenvalue weighted by Crippen LogP contribution is -2.49. The van der Waals surface area contributed by atoms with Crippen LogP contribution in [0.3, 0.4) is 0 Å².